The van der Waals surface area contributed by atoms with E-state index in [2.05, 4.69) is 6.07 Å². The largest absolute Gasteiger partial charge is 0.332 e. The Balaban J connectivity index is 2.11. The van der Waals surface area contributed by atoms with Gasteiger partial charge < -0.3 is 9.80 Å². The molecule has 2 amide bonds. The monoisotopic (exact) mass is 311 g/mol. The van der Waals surface area contributed by atoms with E-state index in [0.717, 1.165) is 5.56 Å². The predicted molar refractivity (Wildman–Crippen MR) is 84.9 cm³/mol. The third kappa shape index (κ3) is 2.29. The highest BCUT2D eigenvalue weighted by Crippen LogP contribution is 2.44. The van der Waals surface area contributed by atoms with Gasteiger partial charge in [-0.05, 0) is 24.8 Å². The first kappa shape index (κ1) is 15.5. The number of hydrogen-bond donors (Lipinski definition) is 0. The van der Waals surface area contributed by atoms with Gasteiger partial charge in [0.25, 0.3) is 0 Å². The summed E-state index contributed by atoms with van der Waals surface area (Å²) in [6.07, 6.45) is 0.545. The zero-order valence-corrected chi connectivity index (χ0v) is 13.6. The van der Waals surface area contributed by atoms with E-state index in [0.29, 0.717) is 6.42 Å². The predicted octanol–water partition coefficient (Wildman–Crippen LogP) is 1.96. The van der Waals surface area contributed by atoms with Crippen molar-refractivity contribution in [3.05, 3.63) is 35.9 Å². The molecule has 0 saturated carbocycles. The molecule has 2 aliphatic rings. The van der Waals surface area contributed by atoms with E-state index in [-0.39, 0.29) is 29.7 Å². The molecule has 5 atom stereocenters. The molecule has 2 fully saturated rings. The van der Waals surface area contributed by atoms with Crippen molar-refractivity contribution in [2.24, 2.45) is 11.8 Å². The molecule has 2 aliphatic heterocycles. The highest BCUT2D eigenvalue weighted by atomic mass is 16.2. The van der Waals surface area contributed by atoms with Crippen LogP contribution in [0.3, 0.4) is 0 Å². The van der Waals surface area contributed by atoms with E-state index in [1.54, 1.807) is 18.9 Å². The highest BCUT2D eigenvalue weighted by molar-refractivity contribution is 5.97. The number of likely N-dealkylation sites (N-methyl/N-ethyl adjacent to an activating group) is 1. The molecule has 0 bridgehead atoms. The molecule has 0 spiro atoms. The van der Waals surface area contributed by atoms with Gasteiger partial charge in [-0.25, -0.2) is 0 Å². The molecule has 3 rings (SSSR count). The lowest BCUT2D eigenvalue weighted by Gasteiger charge is -2.52. The molecule has 1 aromatic rings. The molecule has 5 heteroatoms. The molecule has 120 valence electrons. The average molecular weight is 311 g/mol. The maximum Gasteiger partial charge on any atom is 0.246 e. The molecule has 2 unspecified atom stereocenters. The Hall–Kier alpha value is -2.35. The highest BCUT2D eigenvalue weighted by Gasteiger charge is 2.52. The molecule has 23 heavy (non-hydrogen) atoms. The second-order valence-electron chi connectivity index (χ2n) is 6.61. The molecule has 0 aliphatic carbocycles. The quantitative estimate of drug-likeness (QED) is 0.796. The van der Waals surface area contributed by atoms with Crippen LogP contribution in [0.15, 0.2) is 30.3 Å². The van der Waals surface area contributed by atoms with Crippen LogP contribution in [0.1, 0.15) is 31.9 Å². The molecule has 0 N–H and O–H groups in total. The van der Waals surface area contributed by atoms with E-state index in [4.69, 9.17) is 0 Å². The third-order valence-electron chi connectivity index (χ3n) is 5.30. The van der Waals surface area contributed by atoms with Gasteiger partial charge in [-0.3, -0.25) is 9.59 Å². The summed E-state index contributed by atoms with van der Waals surface area (Å²) in [5.74, 6) is -0.342. The van der Waals surface area contributed by atoms with Crippen LogP contribution in [0.25, 0.3) is 0 Å². The van der Waals surface area contributed by atoms with Gasteiger partial charge in [0.1, 0.15) is 12.1 Å². The molecule has 1 aromatic carbocycles. The summed E-state index contributed by atoms with van der Waals surface area (Å²) in [7, 11) is 1.68. The van der Waals surface area contributed by atoms with Crippen LogP contribution in [0.2, 0.25) is 0 Å². The number of amides is 2. The number of fused-ring (bicyclic) bond motifs is 1. The number of carbonyl (C=O) groups excluding carboxylic acids is 2. The smallest absolute Gasteiger partial charge is 0.246 e. The minimum atomic E-state index is -0.488. The van der Waals surface area contributed by atoms with E-state index >= 15 is 0 Å². The molecule has 2 heterocycles. The maximum absolute atomic E-state index is 12.9. The van der Waals surface area contributed by atoms with Crippen LogP contribution in [0.4, 0.5) is 0 Å². The fourth-order valence-electron chi connectivity index (χ4n) is 3.82. The Morgan fingerprint density at radius 3 is 2.39 bits per heavy atom. The van der Waals surface area contributed by atoms with Gasteiger partial charge >= 0.3 is 0 Å². The lowest BCUT2D eigenvalue weighted by Crippen LogP contribution is -2.66. The lowest BCUT2D eigenvalue weighted by molar-refractivity contribution is -0.168. The van der Waals surface area contributed by atoms with Crippen molar-refractivity contribution in [1.82, 2.24) is 9.80 Å². The molecular weight excluding hydrogens is 290 g/mol. The van der Waals surface area contributed by atoms with Crippen LogP contribution in [0.5, 0.6) is 0 Å². The summed E-state index contributed by atoms with van der Waals surface area (Å²) in [6.45, 7) is 3.74. The van der Waals surface area contributed by atoms with Gasteiger partial charge in [0, 0.05) is 7.05 Å². The summed E-state index contributed by atoms with van der Waals surface area (Å²) >= 11 is 0. The third-order valence-corrected chi connectivity index (χ3v) is 5.30. The van der Waals surface area contributed by atoms with E-state index in [1.165, 1.54) is 4.90 Å². The second kappa shape index (κ2) is 5.69. The first-order chi connectivity index (χ1) is 11.0. The van der Waals surface area contributed by atoms with Crippen molar-refractivity contribution in [3.63, 3.8) is 0 Å². The SMILES string of the molecule is C[C@@H]1C[C@H]2C(=O)N(C)[C@H](C)C(=O)N2C(c2ccccc2)C1C#N. The van der Waals surface area contributed by atoms with Crippen molar-refractivity contribution in [1.29, 1.82) is 5.26 Å². The molecular formula is C18H21N3O2. The molecule has 2 saturated heterocycles. The maximum atomic E-state index is 12.9. The number of piperidine rings is 1. The summed E-state index contributed by atoms with van der Waals surface area (Å²) in [6, 6.07) is 10.7. The number of nitrogens with zero attached hydrogens (tertiary/aromatic N) is 3. The Kier molecular flexibility index (Phi) is 3.85. The van der Waals surface area contributed by atoms with E-state index in [1.807, 2.05) is 37.3 Å². The Labute approximate surface area is 136 Å². The van der Waals surface area contributed by atoms with Crippen LogP contribution < -0.4 is 0 Å². The molecule has 0 aromatic heterocycles. The van der Waals surface area contributed by atoms with Crippen molar-refractivity contribution in [2.45, 2.75) is 38.4 Å². The van der Waals surface area contributed by atoms with Gasteiger partial charge in [-0.2, -0.15) is 5.26 Å². The Bertz CT molecular complexity index is 667. The van der Waals surface area contributed by atoms with Gasteiger partial charge in [0.05, 0.1) is 18.0 Å². The van der Waals surface area contributed by atoms with Crippen molar-refractivity contribution >= 4 is 11.8 Å². The van der Waals surface area contributed by atoms with Crippen LogP contribution >= 0.6 is 0 Å². The first-order valence-corrected chi connectivity index (χ1v) is 8.00. The van der Waals surface area contributed by atoms with Crippen LogP contribution in [-0.2, 0) is 9.59 Å². The summed E-state index contributed by atoms with van der Waals surface area (Å²) in [4.78, 5) is 28.8. The van der Waals surface area contributed by atoms with Gasteiger partial charge in [-0.1, -0.05) is 37.3 Å². The topological polar surface area (TPSA) is 64.4 Å². The van der Waals surface area contributed by atoms with E-state index < -0.39 is 12.1 Å². The minimum absolute atomic E-state index is 0.0266. The van der Waals surface area contributed by atoms with Crippen molar-refractivity contribution in [3.8, 4) is 6.07 Å². The first-order valence-electron chi connectivity index (χ1n) is 8.00. The number of rotatable bonds is 1. The fourth-order valence-corrected chi connectivity index (χ4v) is 3.82. The number of nitriles is 1. The normalized spacial score (nSPS) is 34.1. The van der Waals surface area contributed by atoms with E-state index in [9.17, 15) is 14.9 Å². The molecule has 5 nitrogen and oxygen atoms in total. The van der Waals surface area contributed by atoms with Crippen LogP contribution in [0, 0.1) is 23.2 Å². The summed E-state index contributed by atoms with van der Waals surface area (Å²) in [5.41, 5.74) is 0.925. The van der Waals surface area contributed by atoms with Crippen molar-refractivity contribution < 1.29 is 9.59 Å². The lowest BCUT2D eigenvalue weighted by atomic mass is 9.74. The standard InChI is InChI=1S/C18H21N3O2/c1-11-9-15-18(23)20(3)12(2)17(22)21(15)16(14(11)10-19)13-7-5-4-6-8-13/h4-8,11-12,14-16H,9H2,1-3H3/t11-,12-,14?,15+,16?/m1/s1. The number of hydrogen-bond acceptors (Lipinski definition) is 3. The Morgan fingerprint density at radius 2 is 1.78 bits per heavy atom. The van der Waals surface area contributed by atoms with Crippen LogP contribution in [-0.4, -0.2) is 40.7 Å². The van der Waals surface area contributed by atoms with Gasteiger partial charge in [-0.15, -0.1) is 0 Å². The van der Waals surface area contributed by atoms with Gasteiger partial charge in [0.2, 0.25) is 11.8 Å². The number of benzene rings is 1. The molecule has 0 radical (unpaired) electrons. The average Bonchev–Trinajstić information content (AvgIpc) is 2.57. The second-order valence-corrected chi connectivity index (χ2v) is 6.61. The minimum Gasteiger partial charge on any atom is -0.332 e. The number of carbonyl (C=O) groups is 2. The van der Waals surface area contributed by atoms with Gasteiger partial charge in [0.15, 0.2) is 0 Å². The summed E-state index contributed by atoms with van der Waals surface area (Å²) in [5, 5.41) is 9.67. The number of piperazine rings is 1. The summed E-state index contributed by atoms with van der Waals surface area (Å²) < 4.78 is 0. The van der Waals surface area contributed by atoms with Crippen molar-refractivity contribution in [2.75, 3.05) is 7.05 Å². The Morgan fingerprint density at radius 1 is 1.13 bits per heavy atom. The zero-order valence-electron chi connectivity index (χ0n) is 13.6. The zero-order chi connectivity index (χ0) is 16.7. The fraction of sp³-hybridized carbons (Fsp3) is 0.500.